The molecule has 1 aromatic rings. The summed E-state index contributed by atoms with van der Waals surface area (Å²) in [5.41, 5.74) is 1.73. The van der Waals surface area contributed by atoms with Crippen molar-refractivity contribution in [2.24, 2.45) is 5.92 Å². The van der Waals surface area contributed by atoms with E-state index in [0.717, 1.165) is 44.2 Å². The summed E-state index contributed by atoms with van der Waals surface area (Å²) in [6, 6.07) is 7.60. The van der Waals surface area contributed by atoms with Crippen LogP contribution < -0.4 is 0 Å². The lowest BCUT2D eigenvalue weighted by atomic mass is 10.1. The van der Waals surface area contributed by atoms with Crippen molar-refractivity contribution < 1.29 is 14.4 Å². The molecule has 3 amide bonds. The zero-order valence-electron chi connectivity index (χ0n) is 16.4. The molecule has 1 saturated carbocycles. The van der Waals surface area contributed by atoms with Gasteiger partial charge in [0.25, 0.3) is 5.91 Å². The molecule has 1 aromatic carbocycles. The second-order valence-electron chi connectivity index (χ2n) is 8.21. The molecule has 0 bridgehead atoms. The molecule has 150 valence electrons. The van der Waals surface area contributed by atoms with Gasteiger partial charge >= 0.3 is 0 Å². The third kappa shape index (κ3) is 4.05. The Morgan fingerprint density at radius 1 is 0.857 bits per heavy atom. The summed E-state index contributed by atoms with van der Waals surface area (Å²) in [4.78, 5) is 42.8. The molecule has 6 heteroatoms. The molecule has 0 N–H and O–H groups in total. The molecule has 0 unspecified atom stereocenters. The van der Waals surface area contributed by atoms with Crippen molar-refractivity contribution >= 4 is 17.7 Å². The molecular weight excluding hydrogens is 354 g/mol. The summed E-state index contributed by atoms with van der Waals surface area (Å²) in [5.74, 6) is 0.727. The second-order valence-corrected chi connectivity index (χ2v) is 8.21. The van der Waals surface area contributed by atoms with E-state index in [9.17, 15) is 14.4 Å². The Labute approximate surface area is 166 Å². The highest BCUT2D eigenvalue weighted by molar-refractivity contribution is 5.94. The Bertz CT molecular complexity index is 732. The first-order valence-corrected chi connectivity index (χ1v) is 10.6. The van der Waals surface area contributed by atoms with Crippen LogP contribution in [0.15, 0.2) is 24.3 Å². The summed E-state index contributed by atoms with van der Waals surface area (Å²) >= 11 is 0. The Balaban J connectivity index is 1.30. The lowest BCUT2D eigenvalue weighted by Gasteiger charge is -2.36. The summed E-state index contributed by atoms with van der Waals surface area (Å²) in [5, 5.41) is 0. The fraction of sp³-hybridized carbons (Fsp3) is 0.591. The Morgan fingerprint density at radius 2 is 1.50 bits per heavy atom. The second kappa shape index (κ2) is 8.33. The van der Waals surface area contributed by atoms with Gasteiger partial charge in [0.2, 0.25) is 11.8 Å². The zero-order valence-corrected chi connectivity index (χ0v) is 16.4. The van der Waals surface area contributed by atoms with Crippen LogP contribution in [0.5, 0.6) is 0 Å². The minimum absolute atomic E-state index is 0.0248. The first kappa shape index (κ1) is 19.0. The van der Waals surface area contributed by atoms with Crippen molar-refractivity contribution in [3.05, 3.63) is 35.4 Å². The fourth-order valence-electron chi connectivity index (χ4n) is 4.59. The molecule has 2 heterocycles. The van der Waals surface area contributed by atoms with Gasteiger partial charge in [-0.2, -0.15) is 0 Å². The molecular formula is C22H29N3O3. The molecule has 4 rings (SSSR count). The number of benzene rings is 1. The van der Waals surface area contributed by atoms with Crippen LogP contribution in [0.1, 0.15) is 54.4 Å². The van der Waals surface area contributed by atoms with Gasteiger partial charge in [-0.15, -0.1) is 0 Å². The van der Waals surface area contributed by atoms with E-state index < -0.39 is 0 Å². The topological polar surface area (TPSA) is 60.9 Å². The molecule has 3 fully saturated rings. The van der Waals surface area contributed by atoms with Crippen molar-refractivity contribution in [3.8, 4) is 0 Å². The van der Waals surface area contributed by atoms with Crippen LogP contribution in [0.2, 0.25) is 0 Å². The van der Waals surface area contributed by atoms with Crippen LogP contribution in [0.4, 0.5) is 0 Å². The summed E-state index contributed by atoms with van der Waals surface area (Å²) in [6.07, 6.45) is 5.95. The number of nitrogens with zero attached hydrogens (tertiary/aromatic N) is 3. The molecule has 2 saturated heterocycles. The van der Waals surface area contributed by atoms with Gasteiger partial charge < -0.3 is 14.7 Å². The van der Waals surface area contributed by atoms with Gasteiger partial charge in [0.15, 0.2) is 0 Å². The monoisotopic (exact) mass is 383 g/mol. The van der Waals surface area contributed by atoms with Crippen LogP contribution in [0, 0.1) is 5.92 Å². The molecule has 6 nitrogen and oxygen atoms in total. The Kier molecular flexibility index (Phi) is 5.64. The van der Waals surface area contributed by atoms with E-state index in [1.165, 1.54) is 0 Å². The third-order valence-electron chi connectivity index (χ3n) is 6.33. The van der Waals surface area contributed by atoms with E-state index in [2.05, 4.69) is 0 Å². The van der Waals surface area contributed by atoms with Crippen LogP contribution in [-0.4, -0.2) is 65.1 Å². The lowest BCUT2D eigenvalue weighted by Crippen LogP contribution is -2.51. The van der Waals surface area contributed by atoms with Crippen LogP contribution in [0.3, 0.4) is 0 Å². The normalized spacial score (nSPS) is 20.9. The molecule has 3 aliphatic rings. The highest BCUT2D eigenvalue weighted by atomic mass is 16.2. The quantitative estimate of drug-likeness (QED) is 0.801. The minimum atomic E-state index is 0.0248. The minimum Gasteiger partial charge on any atom is -0.339 e. The van der Waals surface area contributed by atoms with Crippen molar-refractivity contribution in [3.63, 3.8) is 0 Å². The fourth-order valence-corrected chi connectivity index (χ4v) is 4.59. The average Bonchev–Trinajstić information content (AvgIpc) is 3.40. The van der Waals surface area contributed by atoms with Gasteiger partial charge in [-0.25, -0.2) is 0 Å². The summed E-state index contributed by atoms with van der Waals surface area (Å²) in [7, 11) is 0. The number of hydrogen-bond acceptors (Lipinski definition) is 3. The SMILES string of the molecule is O=C1CCCN1Cc1ccc(C(=O)N2CCN(C(=O)C3CCCC3)CC2)cc1. The van der Waals surface area contributed by atoms with Crippen molar-refractivity contribution in [2.75, 3.05) is 32.7 Å². The van der Waals surface area contributed by atoms with Gasteiger partial charge in [0, 0.05) is 57.2 Å². The van der Waals surface area contributed by atoms with Gasteiger partial charge in [-0.1, -0.05) is 25.0 Å². The smallest absolute Gasteiger partial charge is 0.253 e. The molecule has 0 atom stereocenters. The Hall–Kier alpha value is -2.37. The van der Waals surface area contributed by atoms with E-state index in [1.807, 2.05) is 39.0 Å². The van der Waals surface area contributed by atoms with Crippen molar-refractivity contribution in [1.29, 1.82) is 0 Å². The first-order chi connectivity index (χ1) is 13.6. The average molecular weight is 383 g/mol. The van der Waals surface area contributed by atoms with Crippen LogP contribution in [-0.2, 0) is 16.1 Å². The standard InChI is InChI=1S/C22H29N3O3/c26-20-6-3-11-25(20)16-17-7-9-19(10-8-17)22(28)24-14-12-23(13-15-24)21(27)18-4-1-2-5-18/h7-10,18H,1-6,11-16H2. The van der Waals surface area contributed by atoms with E-state index in [-0.39, 0.29) is 23.6 Å². The number of rotatable bonds is 4. The van der Waals surface area contributed by atoms with Gasteiger partial charge in [0.1, 0.15) is 0 Å². The van der Waals surface area contributed by atoms with Gasteiger partial charge in [-0.3, -0.25) is 14.4 Å². The van der Waals surface area contributed by atoms with E-state index >= 15 is 0 Å². The first-order valence-electron chi connectivity index (χ1n) is 10.6. The lowest BCUT2D eigenvalue weighted by molar-refractivity contribution is -0.136. The summed E-state index contributed by atoms with van der Waals surface area (Å²) in [6.45, 7) is 3.91. The van der Waals surface area contributed by atoms with Gasteiger partial charge in [0.05, 0.1) is 0 Å². The van der Waals surface area contributed by atoms with E-state index in [0.29, 0.717) is 44.7 Å². The summed E-state index contributed by atoms with van der Waals surface area (Å²) < 4.78 is 0. The predicted octanol–water partition coefficient (Wildman–Crippen LogP) is 2.28. The highest BCUT2D eigenvalue weighted by Gasteiger charge is 2.30. The van der Waals surface area contributed by atoms with Crippen LogP contribution >= 0.6 is 0 Å². The molecule has 0 aromatic heterocycles. The van der Waals surface area contributed by atoms with Crippen molar-refractivity contribution in [1.82, 2.24) is 14.7 Å². The molecule has 2 aliphatic heterocycles. The molecule has 0 radical (unpaired) electrons. The maximum absolute atomic E-state index is 12.8. The highest BCUT2D eigenvalue weighted by Crippen LogP contribution is 2.27. The Morgan fingerprint density at radius 3 is 2.11 bits per heavy atom. The third-order valence-corrected chi connectivity index (χ3v) is 6.33. The van der Waals surface area contributed by atoms with Crippen LogP contribution in [0.25, 0.3) is 0 Å². The number of carbonyl (C=O) groups excluding carboxylic acids is 3. The van der Waals surface area contributed by atoms with E-state index in [1.54, 1.807) is 0 Å². The number of piperazine rings is 1. The number of hydrogen-bond donors (Lipinski definition) is 0. The zero-order chi connectivity index (χ0) is 19.5. The number of carbonyl (C=O) groups is 3. The maximum Gasteiger partial charge on any atom is 0.253 e. The van der Waals surface area contributed by atoms with Crippen molar-refractivity contribution in [2.45, 2.75) is 45.1 Å². The maximum atomic E-state index is 12.8. The van der Waals surface area contributed by atoms with Gasteiger partial charge in [-0.05, 0) is 37.0 Å². The molecule has 1 aliphatic carbocycles. The number of likely N-dealkylation sites (tertiary alicyclic amines) is 1. The molecule has 28 heavy (non-hydrogen) atoms. The molecule has 0 spiro atoms. The largest absolute Gasteiger partial charge is 0.339 e. The van der Waals surface area contributed by atoms with E-state index in [4.69, 9.17) is 0 Å². The predicted molar refractivity (Wildman–Crippen MR) is 106 cm³/mol. The number of amides is 3.